The number of hydrogen-bond donors (Lipinski definition) is 1. The average molecular weight is 255 g/mol. The van der Waals surface area contributed by atoms with E-state index in [0.29, 0.717) is 6.42 Å². The van der Waals surface area contributed by atoms with Crippen LogP contribution >= 0.6 is 0 Å². The van der Waals surface area contributed by atoms with Crippen LogP contribution in [0.4, 0.5) is 5.69 Å². The number of aromatic nitrogens is 2. The Bertz CT molecular complexity index is 583. The Balaban J connectivity index is 2.36. The molecule has 0 saturated carbocycles. The Morgan fingerprint density at radius 2 is 1.79 bits per heavy atom. The first-order chi connectivity index (χ1) is 8.86. The van der Waals surface area contributed by atoms with Crippen molar-refractivity contribution in [3.05, 3.63) is 53.1 Å². The van der Waals surface area contributed by atoms with Gasteiger partial charge in [-0.25, -0.2) is 9.97 Å². The molecular formula is C16H21N3. The lowest BCUT2D eigenvalue weighted by atomic mass is 9.91. The van der Waals surface area contributed by atoms with Gasteiger partial charge in [-0.15, -0.1) is 0 Å². The summed E-state index contributed by atoms with van der Waals surface area (Å²) in [7, 11) is 0. The zero-order chi connectivity index (χ0) is 14.0. The predicted octanol–water partition coefficient (Wildman–Crippen LogP) is 3.26. The maximum absolute atomic E-state index is 5.97. The molecule has 2 rings (SSSR count). The van der Waals surface area contributed by atoms with E-state index in [-0.39, 0.29) is 5.41 Å². The van der Waals surface area contributed by atoms with Crippen molar-refractivity contribution in [2.45, 2.75) is 39.5 Å². The molecule has 1 heterocycles. The van der Waals surface area contributed by atoms with Gasteiger partial charge < -0.3 is 5.73 Å². The summed E-state index contributed by atoms with van der Waals surface area (Å²) in [6.07, 6.45) is 0.678. The average Bonchev–Trinajstić information content (AvgIpc) is 2.30. The van der Waals surface area contributed by atoms with E-state index in [9.17, 15) is 0 Å². The standard InChI is InChI=1S/C16H21N3/c1-11-9-14(16(2,3)4)19-15(18-11)10-12-7-5-6-8-13(12)17/h5-9H,10,17H2,1-4H3. The molecule has 0 amide bonds. The maximum Gasteiger partial charge on any atom is 0.133 e. The lowest BCUT2D eigenvalue weighted by molar-refractivity contribution is 0.561. The number of para-hydroxylation sites is 1. The van der Waals surface area contributed by atoms with E-state index < -0.39 is 0 Å². The summed E-state index contributed by atoms with van der Waals surface area (Å²) in [5.41, 5.74) is 9.96. The van der Waals surface area contributed by atoms with Crippen LogP contribution in [0.25, 0.3) is 0 Å². The molecule has 0 unspecified atom stereocenters. The van der Waals surface area contributed by atoms with E-state index in [1.807, 2.05) is 31.2 Å². The third-order valence-electron chi connectivity index (χ3n) is 3.07. The van der Waals surface area contributed by atoms with E-state index in [1.165, 1.54) is 0 Å². The molecule has 19 heavy (non-hydrogen) atoms. The van der Waals surface area contributed by atoms with Gasteiger partial charge in [-0.3, -0.25) is 0 Å². The second-order valence-electron chi connectivity index (χ2n) is 5.94. The van der Waals surface area contributed by atoms with Gasteiger partial charge in [-0.2, -0.15) is 0 Å². The van der Waals surface area contributed by atoms with Gasteiger partial charge in [0.2, 0.25) is 0 Å². The normalized spacial score (nSPS) is 11.6. The second-order valence-corrected chi connectivity index (χ2v) is 5.94. The fraction of sp³-hybridized carbons (Fsp3) is 0.375. The topological polar surface area (TPSA) is 51.8 Å². The molecule has 2 N–H and O–H groups in total. The summed E-state index contributed by atoms with van der Waals surface area (Å²) in [5.74, 6) is 0.836. The number of benzene rings is 1. The van der Waals surface area contributed by atoms with Crippen LogP contribution in [-0.4, -0.2) is 9.97 Å². The van der Waals surface area contributed by atoms with E-state index in [0.717, 1.165) is 28.5 Å². The SMILES string of the molecule is Cc1cc(C(C)(C)C)nc(Cc2ccccc2N)n1. The van der Waals surface area contributed by atoms with Gasteiger partial charge in [-0.1, -0.05) is 39.0 Å². The molecule has 0 bridgehead atoms. The van der Waals surface area contributed by atoms with Crippen molar-refractivity contribution in [2.24, 2.45) is 0 Å². The van der Waals surface area contributed by atoms with Gasteiger partial charge in [0.1, 0.15) is 5.82 Å². The molecule has 0 aliphatic rings. The summed E-state index contributed by atoms with van der Waals surface area (Å²) in [6, 6.07) is 9.92. The number of aryl methyl sites for hydroxylation is 1. The minimum Gasteiger partial charge on any atom is -0.398 e. The Hall–Kier alpha value is -1.90. The van der Waals surface area contributed by atoms with E-state index in [1.54, 1.807) is 0 Å². The Morgan fingerprint density at radius 3 is 2.42 bits per heavy atom. The summed E-state index contributed by atoms with van der Waals surface area (Å²) in [6.45, 7) is 8.50. The minimum absolute atomic E-state index is 0.0324. The van der Waals surface area contributed by atoms with Crippen LogP contribution in [0.3, 0.4) is 0 Å². The number of anilines is 1. The zero-order valence-corrected chi connectivity index (χ0v) is 12.1. The maximum atomic E-state index is 5.97. The molecule has 0 spiro atoms. The van der Waals surface area contributed by atoms with Gasteiger partial charge in [0.25, 0.3) is 0 Å². The minimum atomic E-state index is 0.0324. The van der Waals surface area contributed by atoms with Gasteiger partial charge in [0.05, 0.1) is 0 Å². The first-order valence-electron chi connectivity index (χ1n) is 6.54. The highest BCUT2D eigenvalue weighted by Crippen LogP contribution is 2.22. The van der Waals surface area contributed by atoms with Crippen LogP contribution in [0.5, 0.6) is 0 Å². The molecule has 0 aliphatic carbocycles. The van der Waals surface area contributed by atoms with Crippen LogP contribution in [0, 0.1) is 6.92 Å². The number of nitrogen functional groups attached to an aromatic ring is 1. The van der Waals surface area contributed by atoms with Crippen LogP contribution in [0.1, 0.15) is 43.5 Å². The largest absolute Gasteiger partial charge is 0.398 e. The summed E-state index contributed by atoms with van der Waals surface area (Å²) in [4.78, 5) is 9.19. The molecule has 0 aliphatic heterocycles. The predicted molar refractivity (Wildman–Crippen MR) is 79.1 cm³/mol. The Labute approximate surface area is 114 Å². The van der Waals surface area contributed by atoms with Crippen molar-refractivity contribution in [1.29, 1.82) is 0 Å². The molecule has 1 aromatic carbocycles. The highest BCUT2D eigenvalue weighted by molar-refractivity contribution is 5.47. The van der Waals surface area contributed by atoms with Gasteiger partial charge in [0, 0.05) is 28.9 Å². The van der Waals surface area contributed by atoms with Crippen LogP contribution < -0.4 is 5.73 Å². The molecule has 3 nitrogen and oxygen atoms in total. The van der Waals surface area contributed by atoms with Gasteiger partial charge in [0.15, 0.2) is 0 Å². The fourth-order valence-electron chi connectivity index (χ4n) is 1.96. The summed E-state index contributed by atoms with van der Waals surface area (Å²) in [5, 5.41) is 0. The zero-order valence-electron chi connectivity index (χ0n) is 12.1. The monoisotopic (exact) mass is 255 g/mol. The second kappa shape index (κ2) is 5.00. The summed E-state index contributed by atoms with van der Waals surface area (Å²) < 4.78 is 0. The number of nitrogens with zero attached hydrogens (tertiary/aromatic N) is 2. The third-order valence-corrected chi connectivity index (χ3v) is 3.07. The lowest BCUT2D eigenvalue weighted by Crippen LogP contribution is -2.16. The number of rotatable bonds is 2. The van der Waals surface area contributed by atoms with Crippen molar-refractivity contribution >= 4 is 5.69 Å². The number of nitrogens with two attached hydrogens (primary N) is 1. The first kappa shape index (κ1) is 13.5. The Kier molecular flexibility index (Phi) is 3.56. The quantitative estimate of drug-likeness (QED) is 0.838. The molecule has 0 fully saturated rings. The van der Waals surface area contributed by atoms with Crippen LogP contribution in [-0.2, 0) is 11.8 Å². The molecule has 0 atom stereocenters. The van der Waals surface area contributed by atoms with Crippen LogP contribution in [0.2, 0.25) is 0 Å². The van der Waals surface area contributed by atoms with Crippen LogP contribution in [0.15, 0.2) is 30.3 Å². The van der Waals surface area contributed by atoms with E-state index >= 15 is 0 Å². The van der Waals surface area contributed by atoms with E-state index in [2.05, 4.69) is 36.8 Å². The molecule has 1 aromatic heterocycles. The fourth-order valence-corrected chi connectivity index (χ4v) is 1.96. The highest BCUT2D eigenvalue weighted by Gasteiger charge is 2.17. The first-order valence-corrected chi connectivity index (χ1v) is 6.54. The van der Waals surface area contributed by atoms with Crippen molar-refractivity contribution < 1.29 is 0 Å². The summed E-state index contributed by atoms with van der Waals surface area (Å²) >= 11 is 0. The van der Waals surface area contributed by atoms with Crippen molar-refractivity contribution in [2.75, 3.05) is 5.73 Å². The molecule has 2 aromatic rings. The number of hydrogen-bond acceptors (Lipinski definition) is 3. The molecule has 0 radical (unpaired) electrons. The van der Waals surface area contributed by atoms with Crippen molar-refractivity contribution in [3.8, 4) is 0 Å². The molecule has 0 saturated heterocycles. The Morgan fingerprint density at radius 1 is 1.11 bits per heavy atom. The van der Waals surface area contributed by atoms with Gasteiger partial charge in [-0.05, 0) is 24.6 Å². The molecule has 100 valence electrons. The third kappa shape index (κ3) is 3.31. The lowest BCUT2D eigenvalue weighted by Gasteiger charge is -2.19. The molecule has 3 heteroatoms. The molecular weight excluding hydrogens is 234 g/mol. The van der Waals surface area contributed by atoms with Gasteiger partial charge >= 0.3 is 0 Å². The van der Waals surface area contributed by atoms with Crippen molar-refractivity contribution in [1.82, 2.24) is 9.97 Å². The van der Waals surface area contributed by atoms with E-state index in [4.69, 9.17) is 5.73 Å². The smallest absolute Gasteiger partial charge is 0.133 e. The van der Waals surface area contributed by atoms with Crippen molar-refractivity contribution in [3.63, 3.8) is 0 Å². The highest BCUT2D eigenvalue weighted by atomic mass is 14.9.